The van der Waals surface area contributed by atoms with Gasteiger partial charge in [-0.1, -0.05) is 13.0 Å². The first-order chi connectivity index (χ1) is 13.5. The number of hydrogen-bond donors (Lipinski definition) is 1. The summed E-state index contributed by atoms with van der Waals surface area (Å²) < 4.78 is 6.21. The van der Waals surface area contributed by atoms with Crippen molar-refractivity contribution in [1.82, 2.24) is 15.0 Å². The van der Waals surface area contributed by atoms with Crippen molar-refractivity contribution in [3.63, 3.8) is 0 Å². The number of rotatable bonds is 6. The highest BCUT2D eigenvalue weighted by Crippen LogP contribution is 2.47. The summed E-state index contributed by atoms with van der Waals surface area (Å²) in [6, 6.07) is 4.27. The molecule has 0 aromatic carbocycles. The van der Waals surface area contributed by atoms with Crippen molar-refractivity contribution in [2.75, 3.05) is 6.61 Å². The molecule has 0 radical (unpaired) electrons. The lowest BCUT2D eigenvalue weighted by Gasteiger charge is -2.35. The van der Waals surface area contributed by atoms with Crippen molar-refractivity contribution < 1.29 is 9.84 Å². The Labute approximate surface area is 167 Å². The molecule has 28 heavy (non-hydrogen) atoms. The first-order valence-corrected chi connectivity index (χ1v) is 10.6. The van der Waals surface area contributed by atoms with Gasteiger partial charge in [-0.3, -0.25) is 4.98 Å². The summed E-state index contributed by atoms with van der Waals surface area (Å²) in [5.41, 5.74) is 2.98. The molecule has 0 bridgehead atoms. The van der Waals surface area contributed by atoms with Crippen LogP contribution in [0.15, 0.2) is 24.5 Å². The highest BCUT2D eigenvalue weighted by molar-refractivity contribution is 5.29. The molecule has 2 aliphatic rings. The van der Waals surface area contributed by atoms with Crippen LogP contribution in [0.4, 0.5) is 0 Å². The Hall–Kier alpha value is -2.01. The predicted molar refractivity (Wildman–Crippen MR) is 109 cm³/mol. The molecule has 0 amide bonds. The molecule has 2 saturated carbocycles. The predicted octanol–water partition coefficient (Wildman–Crippen LogP) is 4.47. The van der Waals surface area contributed by atoms with Crippen LogP contribution in [-0.4, -0.2) is 32.3 Å². The maximum absolute atomic E-state index is 10.5. The van der Waals surface area contributed by atoms with Gasteiger partial charge in [0.25, 0.3) is 0 Å². The lowest BCUT2D eigenvalue weighted by atomic mass is 9.75. The van der Waals surface area contributed by atoms with Crippen LogP contribution >= 0.6 is 0 Å². The first kappa shape index (κ1) is 19.3. The number of nitrogens with zero attached hydrogens (tertiary/aromatic N) is 3. The van der Waals surface area contributed by atoms with E-state index >= 15 is 0 Å². The SMILES string of the molecule is CC[C@]1(O)CC[C@@H](c2cnc(C)nc2OC[C@H]2C[C@@H]2c2ccc(C)cn2)CC1. The fourth-order valence-electron chi connectivity index (χ4n) is 4.35. The minimum absolute atomic E-state index is 0.371. The second-order valence-electron chi connectivity index (χ2n) is 8.70. The van der Waals surface area contributed by atoms with E-state index in [1.165, 1.54) is 11.3 Å². The normalized spacial score (nSPS) is 29.5. The molecule has 150 valence electrons. The third-order valence-electron chi connectivity index (χ3n) is 6.59. The van der Waals surface area contributed by atoms with Gasteiger partial charge in [-0.05, 0) is 69.9 Å². The number of aryl methyl sites for hydroxylation is 2. The van der Waals surface area contributed by atoms with Crippen molar-refractivity contribution in [2.45, 2.75) is 76.7 Å². The van der Waals surface area contributed by atoms with Crippen LogP contribution in [0.3, 0.4) is 0 Å². The van der Waals surface area contributed by atoms with Crippen molar-refractivity contribution in [2.24, 2.45) is 5.92 Å². The Morgan fingerprint density at radius 2 is 1.93 bits per heavy atom. The van der Waals surface area contributed by atoms with E-state index in [0.29, 0.717) is 24.4 Å². The van der Waals surface area contributed by atoms with Gasteiger partial charge in [0.1, 0.15) is 5.82 Å². The number of hydrogen-bond acceptors (Lipinski definition) is 5. The average molecular weight is 382 g/mol. The highest BCUT2D eigenvalue weighted by Gasteiger charge is 2.40. The second kappa shape index (κ2) is 7.78. The molecule has 2 aliphatic carbocycles. The van der Waals surface area contributed by atoms with E-state index < -0.39 is 5.60 Å². The summed E-state index contributed by atoms with van der Waals surface area (Å²) in [4.78, 5) is 13.6. The molecule has 2 heterocycles. The quantitative estimate of drug-likeness (QED) is 0.799. The van der Waals surface area contributed by atoms with Gasteiger partial charge in [0.05, 0.1) is 12.2 Å². The number of pyridine rings is 1. The third-order valence-corrected chi connectivity index (χ3v) is 6.59. The van der Waals surface area contributed by atoms with Gasteiger partial charge < -0.3 is 9.84 Å². The van der Waals surface area contributed by atoms with E-state index in [1.807, 2.05) is 19.3 Å². The Kier molecular flexibility index (Phi) is 5.37. The van der Waals surface area contributed by atoms with E-state index in [0.717, 1.165) is 55.8 Å². The zero-order valence-corrected chi connectivity index (χ0v) is 17.2. The van der Waals surface area contributed by atoms with Crippen molar-refractivity contribution >= 4 is 0 Å². The van der Waals surface area contributed by atoms with Crippen LogP contribution in [0, 0.1) is 19.8 Å². The fourth-order valence-corrected chi connectivity index (χ4v) is 4.35. The van der Waals surface area contributed by atoms with E-state index in [1.54, 1.807) is 0 Å². The summed E-state index contributed by atoms with van der Waals surface area (Å²) in [7, 11) is 0. The Morgan fingerprint density at radius 3 is 2.61 bits per heavy atom. The zero-order valence-electron chi connectivity index (χ0n) is 17.2. The molecular weight excluding hydrogens is 350 g/mol. The molecule has 0 saturated heterocycles. The molecule has 5 nitrogen and oxygen atoms in total. The number of ether oxygens (including phenoxy) is 1. The topological polar surface area (TPSA) is 68.1 Å². The van der Waals surface area contributed by atoms with Crippen LogP contribution in [0.1, 0.15) is 79.9 Å². The minimum atomic E-state index is -0.495. The monoisotopic (exact) mass is 381 g/mol. The average Bonchev–Trinajstić information content (AvgIpc) is 3.48. The lowest BCUT2D eigenvalue weighted by molar-refractivity contribution is -0.00449. The lowest BCUT2D eigenvalue weighted by Crippen LogP contribution is -2.32. The van der Waals surface area contributed by atoms with Crippen LogP contribution in [-0.2, 0) is 0 Å². The largest absolute Gasteiger partial charge is 0.477 e. The van der Waals surface area contributed by atoms with Gasteiger partial charge in [0, 0.05) is 35.5 Å². The highest BCUT2D eigenvalue weighted by atomic mass is 16.5. The van der Waals surface area contributed by atoms with Gasteiger partial charge in [0.15, 0.2) is 0 Å². The maximum Gasteiger partial charge on any atom is 0.220 e. The van der Waals surface area contributed by atoms with E-state index in [4.69, 9.17) is 4.74 Å². The molecule has 0 aliphatic heterocycles. The fraction of sp³-hybridized carbons (Fsp3) is 0.609. The first-order valence-electron chi connectivity index (χ1n) is 10.6. The maximum atomic E-state index is 10.5. The summed E-state index contributed by atoms with van der Waals surface area (Å²) in [6.07, 6.45) is 9.43. The van der Waals surface area contributed by atoms with Crippen molar-refractivity contribution in [3.8, 4) is 5.88 Å². The van der Waals surface area contributed by atoms with E-state index in [-0.39, 0.29) is 0 Å². The van der Waals surface area contributed by atoms with Gasteiger partial charge in [-0.25, -0.2) is 4.98 Å². The summed E-state index contributed by atoms with van der Waals surface area (Å²) >= 11 is 0. The zero-order chi connectivity index (χ0) is 19.7. The summed E-state index contributed by atoms with van der Waals surface area (Å²) in [5, 5.41) is 10.5. The molecule has 0 spiro atoms. The third kappa shape index (κ3) is 4.19. The molecule has 2 fully saturated rings. The Bertz CT molecular complexity index is 813. The molecule has 2 aromatic rings. The molecule has 2 atom stereocenters. The molecule has 2 aromatic heterocycles. The number of aromatic nitrogens is 3. The molecule has 4 rings (SSSR count). The Morgan fingerprint density at radius 1 is 1.14 bits per heavy atom. The van der Waals surface area contributed by atoms with Gasteiger partial charge in [-0.2, -0.15) is 4.98 Å². The van der Waals surface area contributed by atoms with Crippen LogP contribution < -0.4 is 4.74 Å². The van der Waals surface area contributed by atoms with E-state index in [9.17, 15) is 5.11 Å². The van der Waals surface area contributed by atoms with Crippen LogP contribution in [0.5, 0.6) is 5.88 Å². The summed E-state index contributed by atoms with van der Waals surface area (Å²) in [5.74, 6) is 2.86. The van der Waals surface area contributed by atoms with Gasteiger partial charge in [-0.15, -0.1) is 0 Å². The second-order valence-corrected chi connectivity index (χ2v) is 8.70. The molecule has 0 unspecified atom stereocenters. The molecular formula is C23H31N3O2. The molecule has 1 N–H and O–H groups in total. The summed E-state index contributed by atoms with van der Waals surface area (Å²) in [6.45, 7) is 6.72. The Balaban J connectivity index is 1.40. The smallest absolute Gasteiger partial charge is 0.220 e. The van der Waals surface area contributed by atoms with Crippen LogP contribution in [0.2, 0.25) is 0 Å². The minimum Gasteiger partial charge on any atom is -0.477 e. The van der Waals surface area contributed by atoms with Gasteiger partial charge in [0.2, 0.25) is 5.88 Å². The van der Waals surface area contributed by atoms with Crippen LogP contribution in [0.25, 0.3) is 0 Å². The van der Waals surface area contributed by atoms with Crippen molar-refractivity contribution in [3.05, 3.63) is 47.2 Å². The van der Waals surface area contributed by atoms with Gasteiger partial charge >= 0.3 is 0 Å². The van der Waals surface area contributed by atoms with Crippen molar-refractivity contribution in [1.29, 1.82) is 0 Å². The number of aliphatic hydroxyl groups is 1. The van der Waals surface area contributed by atoms with E-state index in [2.05, 4.69) is 40.9 Å². The standard InChI is InChI=1S/C23H31N3O2/c1-4-23(27)9-7-17(8-10-23)20-13-24-16(3)26-22(20)28-14-18-11-19(18)21-6-5-15(2)12-25-21/h5-6,12-13,17-19,27H,4,7-11,14H2,1-3H3/t17-,18-,19+,23+/m1/s1. The molecule has 5 heteroatoms.